The number of carbonyl (C=O) groups is 1. The summed E-state index contributed by atoms with van der Waals surface area (Å²) in [5.74, 6) is -0.128. The van der Waals surface area contributed by atoms with Crippen molar-refractivity contribution in [3.8, 4) is 0 Å². The third-order valence-corrected chi connectivity index (χ3v) is 5.70. The number of nitrogens with one attached hydrogen (secondary N) is 1. The quantitative estimate of drug-likeness (QED) is 0.849. The van der Waals surface area contributed by atoms with Gasteiger partial charge in [-0.15, -0.1) is 0 Å². The van der Waals surface area contributed by atoms with Crippen molar-refractivity contribution >= 4 is 26.6 Å². The van der Waals surface area contributed by atoms with E-state index in [0.29, 0.717) is 6.42 Å². The third kappa shape index (κ3) is 3.00. The molecule has 22 heavy (non-hydrogen) atoms. The third-order valence-electron chi connectivity index (χ3n) is 4.09. The zero-order chi connectivity index (χ0) is 15.7. The van der Waals surface area contributed by atoms with Crippen molar-refractivity contribution in [3.05, 3.63) is 36.0 Å². The molecule has 1 aliphatic heterocycles. The highest BCUT2D eigenvalue weighted by atomic mass is 32.2. The van der Waals surface area contributed by atoms with Crippen molar-refractivity contribution < 1.29 is 13.2 Å². The van der Waals surface area contributed by atoms with E-state index in [1.807, 2.05) is 30.5 Å². The van der Waals surface area contributed by atoms with Gasteiger partial charge < -0.3 is 15.6 Å². The van der Waals surface area contributed by atoms with Crippen LogP contribution in [0.4, 0.5) is 0 Å². The van der Waals surface area contributed by atoms with Crippen LogP contribution < -0.4 is 5.73 Å². The van der Waals surface area contributed by atoms with Gasteiger partial charge in [-0.2, -0.15) is 0 Å². The van der Waals surface area contributed by atoms with E-state index in [-0.39, 0.29) is 30.5 Å². The standard InChI is InChI=1S/C15H19N3O3S/c16-13(15(19)18-5-7-22(20,21)8-6-18)9-11-10-17-14-4-2-1-3-12(11)14/h1-4,10,13,17H,5-9,16H2/t13-/m0/s1. The topological polar surface area (TPSA) is 96.3 Å². The number of aromatic nitrogens is 1. The van der Waals surface area contributed by atoms with Crippen molar-refractivity contribution in [2.75, 3.05) is 24.6 Å². The molecule has 0 aliphatic carbocycles. The first-order chi connectivity index (χ1) is 10.5. The molecule has 3 N–H and O–H groups in total. The lowest BCUT2D eigenvalue weighted by molar-refractivity contribution is -0.132. The van der Waals surface area contributed by atoms with E-state index in [1.165, 1.54) is 0 Å². The first-order valence-corrected chi connectivity index (χ1v) is 9.08. The number of H-pyrrole nitrogens is 1. The average molecular weight is 321 g/mol. The summed E-state index contributed by atoms with van der Waals surface area (Å²) >= 11 is 0. The second-order valence-corrected chi connectivity index (χ2v) is 7.95. The van der Waals surface area contributed by atoms with Crippen LogP contribution >= 0.6 is 0 Å². The van der Waals surface area contributed by atoms with Crippen LogP contribution in [0.3, 0.4) is 0 Å². The summed E-state index contributed by atoms with van der Waals surface area (Å²) in [6.07, 6.45) is 2.31. The van der Waals surface area contributed by atoms with E-state index in [2.05, 4.69) is 4.98 Å². The highest BCUT2D eigenvalue weighted by molar-refractivity contribution is 7.91. The number of fused-ring (bicyclic) bond motifs is 1. The molecule has 2 heterocycles. The van der Waals surface area contributed by atoms with Crippen molar-refractivity contribution in [1.29, 1.82) is 0 Å². The molecule has 2 aromatic rings. The molecule has 118 valence electrons. The fraction of sp³-hybridized carbons (Fsp3) is 0.400. The lowest BCUT2D eigenvalue weighted by atomic mass is 10.0. The molecule has 0 saturated carbocycles. The lowest BCUT2D eigenvalue weighted by Crippen LogP contribution is -2.50. The van der Waals surface area contributed by atoms with Gasteiger partial charge in [0.15, 0.2) is 9.84 Å². The lowest BCUT2D eigenvalue weighted by Gasteiger charge is -2.29. The largest absolute Gasteiger partial charge is 0.361 e. The highest BCUT2D eigenvalue weighted by Crippen LogP contribution is 2.19. The maximum Gasteiger partial charge on any atom is 0.239 e. The Bertz CT molecular complexity index is 783. The molecule has 7 heteroatoms. The molecule has 0 bridgehead atoms. The van der Waals surface area contributed by atoms with Crippen LogP contribution in [0.2, 0.25) is 0 Å². The van der Waals surface area contributed by atoms with Crippen LogP contribution in [0.25, 0.3) is 10.9 Å². The number of hydrogen-bond donors (Lipinski definition) is 2. The van der Waals surface area contributed by atoms with Gasteiger partial charge in [0.1, 0.15) is 0 Å². The van der Waals surface area contributed by atoms with Crippen molar-refractivity contribution in [2.45, 2.75) is 12.5 Å². The minimum Gasteiger partial charge on any atom is -0.361 e. The fourth-order valence-corrected chi connectivity index (χ4v) is 3.99. The minimum atomic E-state index is -2.99. The molecule has 0 radical (unpaired) electrons. The van der Waals surface area contributed by atoms with Gasteiger partial charge >= 0.3 is 0 Å². The molecule has 1 amide bonds. The Balaban J connectivity index is 1.69. The van der Waals surface area contributed by atoms with E-state index in [4.69, 9.17) is 5.73 Å². The number of carbonyl (C=O) groups excluding carboxylic acids is 1. The Morgan fingerprint density at radius 1 is 1.27 bits per heavy atom. The van der Waals surface area contributed by atoms with Crippen LogP contribution in [0.5, 0.6) is 0 Å². The Morgan fingerprint density at radius 2 is 1.95 bits per heavy atom. The normalized spacial score (nSPS) is 19.2. The van der Waals surface area contributed by atoms with Crippen LogP contribution in [0.1, 0.15) is 5.56 Å². The Labute approximate surface area is 129 Å². The van der Waals surface area contributed by atoms with E-state index in [1.54, 1.807) is 4.90 Å². The molecular weight excluding hydrogens is 302 g/mol. The maximum absolute atomic E-state index is 12.4. The van der Waals surface area contributed by atoms with E-state index < -0.39 is 15.9 Å². The van der Waals surface area contributed by atoms with E-state index in [9.17, 15) is 13.2 Å². The summed E-state index contributed by atoms with van der Waals surface area (Å²) in [7, 11) is -2.99. The molecule has 1 atom stereocenters. The summed E-state index contributed by atoms with van der Waals surface area (Å²) in [5.41, 5.74) is 8.06. The molecule has 1 fully saturated rings. The zero-order valence-corrected chi connectivity index (χ0v) is 13.0. The predicted molar refractivity (Wildman–Crippen MR) is 85.2 cm³/mol. The molecule has 1 saturated heterocycles. The van der Waals surface area contributed by atoms with Gasteiger partial charge in [0.25, 0.3) is 0 Å². The van der Waals surface area contributed by atoms with Gasteiger partial charge in [-0.25, -0.2) is 8.42 Å². The smallest absolute Gasteiger partial charge is 0.239 e. The Kier molecular flexibility index (Phi) is 3.92. The number of aromatic amines is 1. The molecular formula is C15H19N3O3S. The van der Waals surface area contributed by atoms with Crippen LogP contribution in [0, 0.1) is 0 Å². The van der Waals surface area contributed by atoms with Crippen LogP contribution in [-0.4, -0.2) is 54.8 Å². The highest BCUT2D eigenvalue weighted by Gasteiger charge is 2.28. The van der Waals surface area contributed by atoms with Gasteiger partial charge in [0.05, 0.1) is 17.5 Å². The van der Waals surface area contributed by atoms with Gasteiger partial charge in [-0.1, -0.05) is 18.2 Å². The summed E-state index contributed by atoms with van der Waals surface area (Å²) in [4.78, 5) is 17.1. The van der Waals surface area contributed by atoms with Gasteiger partial charge in [-0.05, 0) is 18.1 Å². The number of nitrogens with two attached hydrogens (primary N) is 1. The molecule has 0 spiro atoms. The Morgan fingerprint density at radius 3 is 2.68 bits per heavy atom. The summed E-state index contributed by atoms with van der Waals surface area (Å²) in [6.45, 7) is 0.478. The molecule has 1 aromatic heterocycles. The van der Waals surface area contributed by atoms with Crippen molar-refractivity contribution in [2.24, 2.45) is 5.73 Å². The summed E-state index contributed by atoms with van der Waals surface area (Å²) in [5, 5.41) is 1.06. The van der Waals surface area contributed by atoms with Gasteiger partial charge in [0, 0.05) is 30.2 Å². The molecule has 6 nitrogen and oxygen atoms in total. The average Bonchev–Trinajstić information content (AvgIpc) is 2.90. The number of sulfone groups is 1. The first-order valence-electron chi connectivity index (χ1n) is 7.26. The van der Waals surface area contributed by atoms with Crippen molar-refractivity contribution in [1.82, 2.24) is 9.88 Å². The number of hydrogen-bond acceptors (Lipinski definition) is 4. The minimum absolute atomic E-state index is 0.0263. The fourth-order valence-electron chi connectivity index (χ4n) is 2.79. The number of nitrogens with zero attached hydrogens (tertiary/aromatic N) is 1. The molecule has 1 aromatic carbocycles. The number of benzene rings is 1. The van der Waals surface area contributed by atoms with E-state index in [0.717, 1.165) is 16.5 Å². The number of rotatable bonds is 3. The summed E-state index contributed by atoms with van der Waals surface area (Å²) in [6, 6.07) is 7.21. The second kappa shape index (κ2) is 5.73. The molecule has 3 rings (SSSR count). The van der Waals surface area contributed by atoms with Gasteiger partial charge in [-0.3, -0.25) is 4.79 Å². The molecule has 0 unspecified atom stereocenters. The predicted octanol–water partition coefficient (Wildman–Crippen LogP) is 0.295. The monoisotopic (exact) mass is 321 g/mol. The first kappa shape index (κ1) is 15.1. The molecule has 1 aliphatic rings. The Hall–Kier alpha value is -1.86. The summed E-state index contributed by atoms with van der Waals surface area (Å²) < 4.78 is 22.8. The number of para-hydroxylation sites is 1. The SMILES string of the molecule is N[C@@H](Cc1c[nH]c2ccccc12)C(=O)N1CCS(=O)(=O)CC1. The van der Waals surface area contributed by atoms with Crippen LogP contribution in [-0.2, 0) is 21.1 Å². The van der Waals surface area contributed by atoms with E-state index >= 15 is 0 Å². The second-order valence-electron chi connectivity index (χ2n) is 5.65. The zero-order valence-electron chi connectivity index (χ0n) is 12.2. The number of amides is 1. The van der Waals surface area contributed by atoms with Crippen LogP contribution in [0.15, 0.2) is 30.5 Å². The van der Waals surface area contributed by atoms with Crippen molar-refractivity contribution in [3.63, 3.8) is 0 Å². The van der Waals surface area contributed by atoms with Gasteiger partial charge in [0.2, 0.25) is 5.91 Å². The maximum atomic E-state index is 12.4.